The third kappa shape index (κ3) is 5.08. The summed E-state index contributed by atoms with van der Waals surface area (Å²) in [5.41, 5.74) is 2.01. The molecule has 1 heterocycles. The summed E-state index contributed by atoms with van der Waals surface area (Å²) in [6.45, 7) is 0.118. The molecule has 0 radical (unpaired) electrons. The molecule has 3 rings (SSSR count). The second kappa shape index (κ2) is 9.37. The predicted molar refractivity (Wildman–Crippen MR) is 116 cm³/mol. The highest BCUT2D eigenvalue weighted by Gasteiger charge is 2.19. The normalized spacial score (nSPS) is 12.1. The molecule has 0 spiro atoms. The Hall–Kier alpha value is -2.43. The van der Waals surface area contributed by atoms with Crippen LogP contribution in [0.1, 0.15) is 19.2 Å². The van der Waals surface area contributed by atoms with E-state index in [2.05, 4.69) is 15.0 Å². The minimum Gasteiger partial charge on any atom is -0.433 e. The molecule has 7 nitrogen and oxygen atoms in total. The number of benzene rings is 2. The summed E-state index contributed by atoms with van der Waals surface area (Å²) < 4.78 is 57.2. The van der Waals surface area contributed by atoms with Crippen LogP contribution in [0.4, 0.5) is 14.5 Å². The van der Waals surface area contributed by atoms with Crippen LogP contribution in [0.15, 0.2) is 41.3 Å². The highest BCUT2D eigenvalue weighted by atomic mass is 35.5. The van der Waals surface area contributed by atoms with Crippen LogP contribution in [0.5, 0.6) is 5.75 Å². The van der Waals surface area contributed by atoms with Crippen molar-refractivity contribution >= 4 is 38.3 Å². The Balaban J connectivity index is 1.89. The van der Waals surface area contributed by atoms with Crippen molar-refractivity contribution in [3.63, 3.8) is 0 Å². The van der Waals surface area contributed by atoms with Crippen LogP contribution >= 0.6 is 11.6 Å². The largest absolute Gasteiger partial charge is 0.433 e. The number of hydrogen-bond donors (Lipinski definition) is 1. The average Bonchev–Trinajstić information content (AvgIpc) is 3.05. The molecule has 0 aliphatic rings. The van der Waals surface area contributed by atoms with E-state index in [1.165, 1.54) is 26.2 Å². The second-order valence-electron chi connectivity index (χ2n) is 6.99. The first-order valence-electron chi connectivity index (χ1n) is 9.53. The smallest absolute Gasteiger partial charge is 0.387 e. The third-order valence-corrected chi connectivity index (χ3v) is 6.73. The van der Waals surface area contributed by atoms with Crippen LogP contribution in [0.25, 0.3) is 11.0 Å². The molecule has 0 saturated heterocycles. The lowest BCUT2D eigenvalue weighted by Crippen LogP contribution is -2.22. The molecule has 168 valence electrons. The number of anilines is 1. The molecule has 31 heavy (non-hydrogen) atoms. The van der Waals surface area contributed by atoms with E-state index in [0.717, 1.165) is 16.2 Å². The van der Waals surface area contributed by atoms with Crippen LogP contribution < -0.4 is 10.1 Å². The number of ether oxygens (including phenoxy) is 1. The number of alkyl halides is 2. The first-order chi connectivity index (χ1) is 14.6. The zero-order valence-corrected chi connectivity index (χ0v) is 18.8. The second-order valence-corrected chi connectivity index (χ2v) is 9.55. The van der Waals surface area contributed by atoms with Crippen molar-refractivity contribution in [2.45, 2.75) is 37.9 Å². The van der Waals surface area contributed by atoms with E-state index < -0.39 is 16.6 Å². The minimum atomic E-state index is -3.57. The summed E-state index contributed by atoms with van der Waals surface area (Å²) in [4.78, 5) is 4.79. The van der Waals surface area contributed by atoms with E-state index in [-0.39, 0.29) is 15.7 Å². The van der Waals surface area contributed by atoms with Crippen LogP contribution in [-0.4, -0.2) is 43.0 Å². The lowest BCUT2D eigenvalue weighted by molar-refractivity contribution is -0.0497. The number of aromatic nitrogens is 2. The van der Waals surface area contributed by atoms with Gasteiger partial charge in [0.25, 0.3) is 0 Å². The number of fused-ring (bicyclic) bond motifs is 1. The number of halogens is 3. The number of sulfonamides is 1. The van der Waals surface area contributed by atoms with Gasteiger partial charge in [-0.1, -0.05) is 18.5 Å². The third-order valence-electron chi connectivity index (χ3n) is 4.62. The Kier molecular flexibility index (Phi) is 7.03. The van der Waals surface area contributed by atoms with Gasteiger partial charge in [0, 0.05) is 26.3 Å². The van der Waals surface area contributed by atoms with Crippen molar-refractivity contribution in [2.75, 3.05) is 19.4 Å². The quantitative estimate of drug-likeness (QED) is 0.494. The number of aryl methyl sites for hydroxylation is 1. The number of imidazole rings is 1. The molecule has 0 saturated carbocycles. The molecule has 1 aromatic heterocycles. The number of hydrogen-bond acceptors (Lipinski definition) is 5. The molecule has 3 aromatic rings. The van der Waals surface area contributed by atoms with Crippen LogP contribution in [-0.2, 0) is 23.1 Å². The van der Waals surface area contributed by atoms with Crippen LogP contribution in [0.3, 0.4) is 0 Å². The maximum absolute atomic E-state index is 12.4. The predicted octanol–water partition coefficient (Wildman–Crippen LogP) is 4.56. The topological polar surface area (TPSA) is 76.5 Å². The molecule has 2 aromatic carbocycles. The first-order valence-corrected chi connectivity index (χ1v) is 11.3. The average molecular weight is 473 g/mol. The van der Waals surface area contributed by atoms with E-state index in [1.54, 1.807) is 24.3 Å². The van der Waals surface area contributed by atoms with Gasteiger partial charge in [0.1, 0.15) is 11.6 Å². The molecule has 11 heteroatoms. The lowest BCUT2D eigenvalue weighted by Gasteiger charge is -2.12. The zero-order chi connectivity index (χ0) is 22.8. The standard InChI is InChI=1S/C20H23ClF2N4O3S/c1-4-9-27-17-7-6-14(31(28,29)26(2)3)11-16(17)25-19(27)12-24-13-5-8-18(15(21)10-13)30-20(22)23/h5-8,10-11,20,24H,4,9,12H2,1-3H3. The molecule has 0 bridgehead atoms. The Bertz CT molecular complexity index is 1180. The molecular weight excluding hydrogens is 450 g/mol. The molecule has 0 amide bonds. The maximum atomic E-state index is 12.4. The van der Waals surface area contributed by atoms with E-state index in [4.69, 9.17) is 11.6 Å². The van der Waals surface area contributed by atoms with Gasteiger partial charge in [-0.15, -0.1) is 0 Å². The van der Waals surface area contributed by atoms with Gasteiger partial charge in [-0.25, -0.2) is 17.7 Å². The minimum absolute atomic E-state index is 0.0610. The number of nitrogens with one attached hydrogen (secondary N) is 1. The molecule has 0 aliphatic heterocycles. The fourth-order valence-corrected chi connectivity index (χ4v) is 4.27. The molecule has 0 atom stereocenters. The summed E-state index contributed by atoms with van der Waals surface area (Å²) >= 11 is 6.01. The zero-order valence-electron chi connectivity index (χ0n) is 17.3. The van der Waals surface area contributed by atoms with Crippen molar-refractivity contribution in [3.05, 3.63) is 47.2 Å². The van der Waals surface area contributed by atoms with Crippen molar-refractivity contribution in [3.8, 4) is 5.75 Å². The molecule has 1 N–H and O–H groups in total. The van der Waals surface area contributed by atoms with E-state index >= 15 is 0 Å². The van der Waals surface area contributed by atoms with Crippen LogP contribution in [0.2, 0.25) is 5.02 Å². The molecular formula is C20H23ClF2N4O3S. The fourth-order valence-electron chi connectivity index (χ4n) is 3.12. The highest BCUT2D eigenvalue weighted by molar-refractivity contribution is 7.89. The Morgan fingerprint density at radius 3 is 2.58 bits per heavy atom. The van der Waals surface area contributed by atoms with Gasteiger partial charge in [0.2, 0.25) is 10.0 Å². The van der Waals surface area contributed by atoms with Crippen LogP contribution in [0, 0.1) is 0 Å². The summed E-state index contributed by atoms with van der Waals surface area (Å²) in [6.07, 6.45) is 0.863. The molecule has 0 aliphatic carbocycles. The molecule has 0 fully saturated rings. The lowest BCUT2D eigenvalue weighted by atomic mass is 10.3. The highest BCUT2D eigenvalue weighted by Crippen LogP contribution is 2.29. The summed E-state index contributed by atoms with van der Waals surface area (Å²) in [6, 6.07) is 9.33. The van der Waals surface area contributed by atoms with Crippen molar-refractivity contribution < 1.29 is 21.9 Å². The van der Waals surface area contributed by atoms with Crippen molar-refractivity contribution in [2.24, 2.45) is 0 Å². The maximum Gasteiger partial charge on any atom is 0.387 e. The Morgan fingerprint density at radius 1 is 1.23 bits per heavy atom. The van der Waals surface area contributed by atoms with Gasteiger partial charge in [0.05, 0.1) is 27.5 Å². The van der Waals surface area contributed by atoms with Gasteiger partial charge < -0.3 is 14.6 Å². The first kappa shape index (κ1) is 23.2. The Morgan fingerprint density at radius 2 is 1.97 bits per heavy atom. The van der Waals surface area contributed by atoms with E-state index in [9.17, 15) is 17.2 Å². The number of rotatable bonds is 9. The van der Waals surface area contributed by atoms with E-state index in [0.29, 0.717) is 30.1 Å². The summed E-state index contributed by atoms with van der Waals surface area (Å²) in [5.74, 6) is 0.607. The van der Waals surface area contributed by atoms with Crippen molar-refractivity contribution in [1.29, 1.82) is 0 Å². The molecule has 0 unspecified atom stereocenters. The van der Waals surface area contributed by atoms with Gasteiger partial charge in [-0.2, -0.15) is 8.78 Å². The number of nitrogens with zero attached hydrogens (tertiary/aromatic N) is 3. The SMILES string of the molecule is CCCn1c(CNc2ccc(OC(F)F)c(Cl)c2)nc2cc(S(=O)(=O)N(C)C)ccc21. The van der Waals surface area contributed by atoms with E-state index in [1.807, 2.05) is 11.5 Å². The summed E-state index contributed by atoms with van der Waals surface area (Å²) in [5, 5.41) is 3.23. The van der Waals surface area contributed by atoms with Gasteiger partial charge in [-0.3, -0.25) is 0 Å². The Labute approximate surface area is 184 Å². The summed E-state index contributed by atoms with van der Waals surface area (Å²) in [7, 11) is -0.610. The van der Waals surface area contributed by atoms with Gasteiger partial charge in [-0.05, 0) is 42.8 Å². The van der Waals surface area contributed by atoms with Gasteiger partial charge >= 0.3 is 6.61 Å². The van der Waals surface area contributed by atoms with Gasteiger partial charge in [0.15, 0.2) is 0 Å². The monoisotopic (exact) mass is 472 g/mol. The van der Waals surface area contributed by atoms with Crippen molar-refractivity contribution in [1.82, 2.24) is 13.9 Å². The fraction of sp³-hybridized carbons (Fsp3) is 0.350.